The van der Waals surface area contributed by atoms with Crippen molar-refractivity contribution in [2.45, 2.75) is 6.18 Å². The molecule has 0 saturated heterocycles. The van der Waals surface area contributed by atoms with Gasteiger partial charge >= 0.3 is 12.2 Å². The molecule has 0 fully saturated rings. The number of rotatable bonds is 3. The minimum Gasteiger partial charge on any atom is -0.355 e. The van der Waals surface area contributed by atoms with Crippen LogP contribution in [0.5, 0.6) is 0 Å². The molecular weight excluding hydrogens is 408 g/mol. The Bertz CT molecular complexity index is 1040. The van der Waals surface area contributed by atoms with Crippen molar-refractivity contribution in [2.75, 3.05) is 18.5 Å². The Labute approximate surface area is 167 Å². The molecule has 0 spiro atoms. The van der Waals surface area contributed by atoms with Crippen molar-refractivity contribution in [2.24, 2.45) is 0 Å². The number of amides is 4. The summed E-state index contributed by atoms with van der Waals surface area (Å²) in [6.07, 6.45) is -1.06. The first-order valence-corrected chi connectivity index (χ1v) is 8.50. The zero-order valence-electron chi connectivity index (χ0n) is 15.4. The van der Waals surface area contributed by atoms with E-state index >= 15 is 0 Å². The maximum Gasteiger partial charge on any atom is 0.417 e. The van der Waals surface area contributed by atoms with Gasteiger partial charge < -0.3 is 5.32 Å². The molecule has 1 aromatic carbocycles. The molecule has 0 radical (unpaired) electrons. The second-order valence-electron chi connectivity index (χ2n) is 6.12. The third kappa shape index (κ3) is 4.00. The molecule has 11 heteroatoms. The van der Waals surface area contributed by atoms with E-state index in [1.807, 2.05) is 0 Å². The number of hydrogen-bond acceptors (Lipinski definition) is 4. The van der Waals surface area contributed by atoms with E-state index in [4.69, 9.17) is 0 Å². The van der Waals surface area contributed by atoms with Gasteiger partial charge in [-0.1, -0.05) is 0 Å². The van der Waals surface area contributed by atoms with E-state index in [1.165, 1.54) is 37.7 Å². The molecule has 3 rings (SSSR count). The normalized spacial score (nSPS) is 14.1. The number of nitrogens with one attached hydrogen (secondary N) is 1. The molecule has 1 aliphatic heterocycles. The summed E-state index contributed by atoms with van der Waals surface area (Å²) >= 11 is 0. The highest BCUT2D eigenvalue weighted by Crippen LogP contribution is 2.33. The number of imide groups is 1. The lowest BCUT2D eigenvalue weighted by atomic mass is 10.1. The van der Waals surface area contributed by atoms with Crippen LogP contribution in [0.25, 0.3) is 0 Å². The Hall–Kier alpha value is -3.76. The van der Waals surface area contributed by atoms with Crippen molar-refractivity contribution in [1.82, 2.24) is 15.2 Å². The van der Waals surface area contributed by atoms with Gasteiger partial charge in [0, 0.05) is 19.4 Å². The molecule has 2 aromatic rings. The van der Waals surface area contributed by atoms with Crippen molar-refractivity contribution in [3.05, 3.63) is 71.3 Å². The first kappa shape index (κ1) is 21.0. The molecule has 0 unspecified atom stereocenters. The monoisotopic (exact) mass is 422 g/mol. The topological polar surface area (TPSA) is 82.6 Å². The second kappa shape index (κ2) is 7.93. The molecule has 7 nitrogen and oxygen atoms in total. The minimum atomic E-state index is -4.91. The van der Waals surface area contributed by atoms with Crippen LogP contribution in [0.3, 0.4) is 0 Å². The number of benzene rings is 1. The van der Waals surface area contributed by atoms with E-state index in [1.54, 1.807) is 0 Å². The fraction of sp³-hybridized carbons (Fsp3) is 0.158. The van der Waals surface area contributed by atoms with Crippen molar-refractivity contribution in [3.8, 4) is 0 Å². The minimum absolute atomic E-state index is 0.0386. The molecule has 0 atom stereocenters. The van der Waals surface area contributed by atoms with Crippen molar-refractivity contribution < 1.29 is 31.9 Å². The highest BCUT2D eigenvalue weighted by Gasteiger charge is 2.38. The molecule has 2 heterocycles. The van der Waals surface area contributed by atoms with Crippen LogP contribution in [0.4, 0.5) is 28.2 Å². The number of carbonyl (C=O) groups excluding carboxylic acids is 3. The van der Waals surface area contributed by atoms with Gasteiger partial charge in [0.15, 0.2) is 0 Å². The summed E-state index contributed by atoms with van der Waals surface area (Å²) < 4.78 is 53.2. The van der Waals surface area contributed by atoms with Crippen LogP contribution in [0.2, 0.25) is 0 Å². The highest BCUT2D eigenvalue weighted by atomic mass is 19.4. The van der Waals surface area contributed by atoms with Gasteiger partial charge in [-0.25, -0.2) is 14.2 Å². The van der Waals surface area contributed by atoms with Crippen LogP contribution in [0, 0.1) is 5.82 Å². The number of alkyl halides is 3. The van der Waals surface area contributed by atoms with Crippen LogP contribution >= 0.6 is 0 Å². The van der Waals surface area contributed by atoms with Gasteiger partial charge in [-0.15, -0.1) is 0 Å². The molecular formula is C19H14F4N4O3. The zero-order chi connectivity index (χ0) is 22.1. The van der Waals surface area contributed by atoms with Crippen LogP contribution in [0.15, 0.2) is 48.8 Å². The summed E-state index contributed by atoms with van der Waals surface area (Å²) in [6, 6.07) is 3.23. The summed E-state index contributed by atoms with van der Waals surface area (Å²) in [4.78, 5) is 42.5. The average Bonchev–Trinajstić information content (AvgIpc) is 2.72. The maximum absolute atomic E-state index is 13.5. The summed E-state index contributed by atoms with van der Waals surface area (Å²) in [5.41, 5.74) is -2.11. The van der Waals surface area contributed by atoms with E-state index in [2.05, 4.69) is 10.3 Å². The van der Waals surface area contributed by atoms with Crippen molar-refractivity contribution in [1.29, 1.82) is 0 Å². The maximum atomic E-state index is 13.5. The van der Waals surface area contributed by atoms with E-state index < -0.39 is 41.0 Å². The van der Waals surface area contributed by atoms with E-state index in [9.17, 15) is 31.9 Å². The number of halogens is 4. The molecule has 30 heavy (non-hydrogen) atoms. The van der Waals surface area contributed by atoms with Crippen LogP contribution in [-0.2, 0) is 6.18 Å². The first-order valence-electron chi connectivity index (χ1n) is 8.50. The summed E-state index contributed by atoms with van der Waals surface area (Å²) in [7, 11) is 1.43. The summed E-state index contributed by atoms with van der Waals surface area (Å²) in [5.74, 6) is -2.72. The molecule has 1 aromatic heterocycles. The SMILES string of the molecule is CNC(=O)c1ccc(N2C=CCN(C(=O)c3cc(F)ccc3C(F)(F)F)C2=O)nc1. The van der Waals surface area contributed by atoms with Gasteiger partial charge in [-0.2, -0.15) is 13.2 Å². The van der Waals surface area contributed by atoms with E-state index in [0.717, 1.165) is 4.90 Å². The molecule has 1 aliphatic rings. The largest absolute Gasteiger partial charge is 0.417 e. The van der Waals surface area contributed by atoms with Gasteiger partial charge in [0.25, 0.3) is 11.8 Å². The Kier molecular flexibility index (Phi) is 5.54. The molecule has 156 valence electrons. The summed E-state index contributed by atoms with van der Waals surface area (Å²) in [5, 5.41) is 2.40. The zero-order valence-corrected chi connectivity index (χ0v) is 15.4. The van der Waals surface area contributed by atoms with Gasteiger partial charge in [0.2, 0.25) is 0 Å². The second-order valence-corrected chi connectivity index (χ2v) is 6.12. The van der Waals surface area contributed by atoms with Crippen LogP contribution in [0.1, 0.15) is 26.3 Å². The fourth-order valence-corrected chi connectivity index (χ4v) is 2.77. The Balaban J connectivity index is 1.92. The predicted molar refractivity (Wildman–Crippen MR) is 97.1 cm³/mol. The number of carbonyl (C=O) groups is 3. The van der Waals surface area contributed by atoms with Crippen LogP contribution < -0.4 is 10.2 Å². The molecule has 0 bridgehead atoms. The Morgan fingerprint density at radius 3 is 2.50 bits per heavy atom. The number of nitrogens with zero attached hydrogens (tertiary/aromatic N) is 3. The quantitative estimate of drug-likeness (QED) is 0.771. The van der Waals surface area contributed by atoms with Gasteiger partial charge in [-0.3, -0.25) is 19.4 Å². The third-order valence-corrected chi connectivity index (χ3v) is 4.23. The highest BCUT2D eigenvalue weighted by molar-refractivity contribution is 6.10. The fourth-order valence-electron chi connectivity index (χ4n) is 2.77. The van der Waals surface area contributed by atoms with E-state index in [0.29, 0.717) is 23.1 Å². The van der Waals surface area contributed by atoms with Gasteiger partial charge in [0.1, 0.15) is 11.6 Å². The molecule has 0 saturated carbocycles. The lowest BCUT2D eigenvalue weighted by molar-refractivity contribution is -0.138. The Morgan fingerprint density at radius 1 is 1.17 bits per heavy atom. The lowest BCUT2D eigenvalue weighted by Crippen LogP contribution is -2.47. The lowest BCUT2D eigenvalue weighted by Gasteiger charge is -2.30. The standard InChI is InChI=1S/C19H14F4N4O3/c1-24-16(28)11-3-6-15(25-10-11)26-7-2-8-27(18(26)30)17(29)13-9-12(20)4-5-14(13)19(21,22)23/h2-7,9-10H,8H2,1H3,(H,24,28). The van der Waals surface area contributed by atoms with Crippen molar-refractivity contribution >= 4 is 23.7 Å². The number of hydrogen-bond donors (Lipinski definition) is 1. The van der Waals surface area contributed by atoms with Crippen LogP contribution in [-0.4, -0.2) is 41.3 Å². The summed E-state index contributed by atoms with van der Waals surface area (Å²) in [6.45, 7) is -0.307. The van der Waals surface area contributed by atoms with Crippen molar-refractivity contribution in [3.63, 3.8) is 0 Å². The van der Waals surface area contributed by atoms with E-state index in [-0.39, 0.29) is 17.9 Å². The molecule has 1 N–H and O–H groups in total. The van der Waals surface area contributed by atoms with Gasteiger partial charge in [0.05, 0.1) is 23.2 Å². The number of anilines is 1. The third-order valence-electron chi connectivity index (χ3n) is 4.23. The smallest absolute Gasteiger partial charge is 0.355 e. The predicted octanol–water partition coefficient (Wildman–Crippen LogP) is 3.20. The molecule has 0 aliphatic carbocycles. The number of urea groups is 1. The first-order chi connectivity index (χ1) is 14.1. The average molecular weight is 422 g/mol. The van der Waals surface area contributed by atoms with Gasteiger partial charge in [-0.05, 0) is 36.4 Å². The molecule has 4 amide bonds. The number of aromatic nitrogens is 1. The number of pyridine rings is 1. The Morgan fingerprint density at radius 2 is 1.90 bits per heavy atom.